The van der Waals surface area contributed by atoms with Crippen molar-refractivity contribution in [2.24, 2.45) is 5.14 Å². The van der Waals surface area contributed by atoms with Gasteiger partial charge < -0.3 is 11.1 Å². The number of nitrogens with one attached hydrogen (secondary N) is 1. The number of rotatable bonds is 4. The third kappa shape index (κ3) is 3.88. The van der Waals surface area contributed by atoms with Gasteiger partial charge in [-0.15, -0.1) is 0 Å². The maximum atomic E-state index is 12.5. The zero-order chi connectivity index (χ0) is 17.3. The van der Waals surface area contributed by atoms with E-state index in [0.29, 0.717) is 11.4 Å². The van der Waals surface area contributed by atoms with Crippen LogP contribution in [0.2, 0.25) is 0 Å². The van der Waals surface area contributed by atoms with E-state index in [2.05, 4.69) is 5.32 Å². The maximum Gasteiger partial charge on any atom is 0.238 e. The number of nitrogens with two attached hydrogens (primary N) is 2. The highest BCUT2D eigenvalue weighted by molar-refractivity contribution is 7.89. The summed E-state index contributed by atoms with van der Waals surface area (Å²) in [5.74, 6) is -0.217. The Bertz CT molecular complexity index is 811. The Morgan fingerprint density at radius 2 is 1.52 bits per heavy atom. The summed E-state index contributed by atoms with van der Waals surface area (Å²) in [6.45, 7) is 3.60. The Morgan fingerprint density at radius 3 is 2.00 bits per heavy atom. The van der Waals surface area contributed by atoms with Crippen molar-refractivity contribution in [3.63, 3.8) is 0 Å². The molecule has 5 N–H and O–H groups in total. The normalized spacial score (nSPS) is 12.0. The lowest BCUT2D eigenvalue weighted by Gasteiger charge is -2.24. The van der Waals surface area contributed by atoms with Gasteiger partial charge >= 0.3 is 0 Å². The van der Waals surface area contributed by atoms with E-state index in [1.165, 1.54) is 24.3 Å². The average molecular weight is 333 g/mol. The number of anilines is 2. The van der Waals surface area contributed by atoms with Crippen molar-refractivity contribution in [3.8, 4) is 0 Å². The number of carbonyl (C=O) groups excluding carboxylic acids is 1. The van der Waals surface area contributed by atoms with Crippen LogP contribution in [0.1, 0.15) is 19.4 Å². The lowest BCUT2D eigenvalue weighted by molar-refractivity contribution is -0.120. The molecule has 7 heteroatoms. The molecular formula is C16H19N3O3S. The minimum Gasteiger partial charge on any atom is -0.399 e. The molecule has 2 rings (SSSR count). The van der Waals surface area contributed by atoms with Gasteiger partial charge in [-0.05, 0) is 55.8 Å². The van der Waals surface area contributed by atoms with Crippen molar-refractivity contribution in [1.82, 2.24) is 0 Å². The number of nitrogen functional groups attached to an aromatic ring is 1. The van der Waals surface area contributed by atoms with Gasteiger partial charge in [0.05, 0.1) is 10.3 Å². The molecule has 0 heterocycles. The molecule has 0 radical (unpaired) electrons. The van der Waals surface area contributed by atoms with Gasteiger partial charge in [-0.3, -0.25) is 4.79 Å². The lowest BCUT2D eigenvalue weighted by Crippen LogP contribution is -2.34. The molecule has 0 atom stereocenters. The quantitative estimate of drug-likeness (QED) is 0.740. The molecular weight excluding hydrogens is 314 g/mol. The summed E-state index contributed by atoms with van der Waals surface area (Å²) in [5.41, 5.74) is 6.83. The number of hydrogen-bond acceptors (Lipinski definition) is 4. The van der Waals surface area contributed by atoms with Crippen LogP contribution < -0.4 is 16.2 Å². The average Bonchev–Trinajstić information content (AvgIpc) is 2.47. The van der Waals surface area contributed by atoms with Crippen molar-refractivity contribution in [2.75, 3.05) is 11.1 Å². The first-order chi connectivity index (χ1) is 10.6. The first kappa shape index (κ1) is 17.0. The van der Waals surface area contributed by atoms with Crippen LogP contribution >= 0.6 is 0 Å². The number of primary sulfonamides is 1. The second-order valence-electron chi connectivity index (χ2n) is 5.77. The molecule has 2 aromatic carbocycles. The molecule has 0 aliphatic carbocycles. The second-order valence-corrected chi connectivity index (χ2v) is 7.33. The highest BCUT2D eigenvalue weighted by Gasteiger charge is 2.29. The Hall–Kier alpha value is -2.38. The highest BCUT2D eigenvalue weighted by atomic mass is 32.2. The largest absolute Gasteiger partial charge is 0.399 e. The van der Waals surface area contributed by atoms with Crippen LogP contribution in [-0.2, 0) is 20.2 Å². The van der Waals surface area contributed by atoms with E-state index >= 15 is 0 Å². The van der Waals surface area contributed by atoms with Crippen LogP contribution in [0.3, 0.4) is 0 Å². The number of benzene rings is 2. The minimum atomic E-state index is -3.75. The second kappa shape index (κ2) is 6.02. The molecule has 1 amide bonds. The van der Waals surface area contributed by atoms with E-state index in [-0.39, 0.29) is 10.8 Å². The fourth-order valence-electron chi connectivity index (χ4n) is 2.05. The van der Waals surface area contributed by atoms with Crippen molar-refractivity contribution < 1.29 is 13.2 Å². The smallest absolute Gasteiger partial charge is 0.238 e. The molecule has 0 saturated heterocycles. The molecule has 23 heavy (non-hydrogen) atoms. The summed E-state index contributed by atoms with van der Waals surface area (Å²) in [6.07, 6.45) is 0. The van der Waals surface area contributed by atoms with Crippen LogP contribution in [-0.4, -0.2) is 14.3 Å². The molecule has 2 aromatic rings. The van der Waals surface area contributed by atoms with Gasteiger partial charge in [-0.1, -0.05) is 12.1 Å². The zero-order valence-corrected chi connectivity index (χ0v) is 13.7. The number of hydrogen-bond donors (Lipinski definition) is 3. The van der Waals surface area contributed by atoms with E-state index in [4.69, 9.17) is 10.9 Å². The predicted molar refractivity (Wildman–Crippen MR) is 90.3 cm³/mol. The fourth-order valence-corrected chi connectivity index (χ4v) is 2.56. The molecule has 0 aliphatic heterocycles. The van der Waals surface area contributed by atoms with Crippen molar-refractivity contribution >= 4 is 27.3 Å². The number of sulfonamides is 1. The Kier molecular flexibility index (Phi) is 4.44. The summed E-state index contributed by atoms with van der Waals surface area (Å²) in [5, 5.41) is 7.81. The molecule has 122 valence electrons. The third-order valence-electron chi connectivity index (χ3n) is 3.64. The minimum absolute atomic E-state index is 0.00621. The fraction of sp³-hybridized carbons (Fsp3) is 0.188. The third-order valence-corrected chi connectivity index (χ3v) is 4.57. The van der Waals surface area contributed by atoms with E-state index in [1.807, 2.05) is 0 Å². The number of carbonyl (C=O) groups is 1. The van der Waals surface area contributed by atoms with Gasteiger partial charge in [0.1, 0.15) is 0 Å². The molecule has 0 aromatic heterocycles. The zero-order valence-electron chi connectivity index (χ0n) is 12.9. The summed E-state index contributed by atoms with van der Waals surface area (Å²) in [6, 6.07) is 12.8. The summed E-state index contributed by atoms with van der Waals surface area (Å²) in [4.78, 5) is 12.5. The number of amides is 1. The van der Waals surface area contributed by atoms with Gasteiger partial charge in [0.25, 0.3) is 0 Å². The summed E-state index contributed by atoms with van der Waals surface area (Å²) in [7, 11) is -3.75. The van der Waals surface area contributed by atoms with Gasteiger partial charge in [0.15, 0.2) is 0 Å². The molecule has 0 saturated carbocycles. The topological polar surface area (TPSA) is 115 Å². The van der Waals surface area contributed by atoms with Crippen LogP contribution in [0.4, 0.5) is 11.4 Å². The van der Waals surface area contributed by atoms with Gasteiger partial charge in [0, 0.05) is 11.4 Å². The molecule has 0 bridgehead atoms. The van der Waals surface area contributed by atoms with Crippen molar-refractivity contribution in [3.05, 3.63) is 54.1 Å². The molecule has 0 spiro atoms. The Labute approximate surface area is 135 Å². The monoisotopic (exact) mass is 333 g/mol. The molecule has 0 aliphatic rings. The predicted octanol–water partition coefficient (Wildman–Crippen LogP) is 1.83. The first-order valence-electron chi connectivity index (χ1n) is 6.91. The molecule has 0 fully saturated rings. The van der Waals surface area contributed by atoms with Gasteiger partial charge in [-0.2, -0.15) is 0 Å². The molecule has 0 unspecified atom stereocenters. The maximum absolute atomic E-state index is 12.5. The van der Waals surface area contributed by atoms with E-state index in [1.54, 1.807) is 38.1 Å². The van der Waals surface area contributed by atoms with Crippen molar-refractivity contribution in [1.29, 1.82) is 0 Å². The first-order valence-corrected chi connectivity index (χ1v) is 8.46. The SMILES string of the molecule is CC(C)(C(=O)Nc1ccc(S(N)(=O)=O)cc1)c1ccc(N)cc1. The van der Waals surface area contributed by atoms with Crippen LogP contribution in [0.5, 0.6) is 0 Å². The molecule has 6 nitrogen and oxygen atoms in total. The van der Waals surface area contributed by atoms with Crippen LogP contribution in [0.25, 0.3) is 0 Å². The lowest BCUT2D eigenvalue weighted by atomic mass is 9.83. The van der Waals surface area contributed by atoms with E-state index in [9.17, 15) is 13.2 Å². The summed E-state index contributed by atoms with van der Waals surface area (Å²) >= 11 is 0. The highest BCUT2D eigenvalue weighted by Crippen LogP contribution is 2.26. The van der Waals surface area contributed by atoms with E-state index < -0.39 is 15.4 Å². The Balaban J connectivity index is 2.19. The van der Waals surface area contributed by atoms with Crippen LogP contribution in [0, 0.1) is 0 Å². The van der Waals surface area contributed by atoms with E-state index in [0.717, 1.165) is 5.56 Å². The van der Waals surface area contributed by atoms with Gasteiger partial charge in [0.2, 0.25) is 15.9 Å². The Morgan fingerprint density at radius 1 is 1.00 bits per heavy atom. The summed E-state index contributed by atoms with van der Waals surface area (Å²) < 4.78 is 22.4. The van der Waals surface area contributed by atoms with Crippen LogP contribution in [0.15, 0.2) is 53.4 Å². The van der Waals surface area contributed by atoms with Gasteiger partial charge in [-0.25, -0.2) is 13.6 Å². The standard InChI is InChI=1S/C16H19N3O3S/c1-16(2,11-3-5-12(17)6-4-11)15(20)19-13-7-9-14(10-8-13)23(18,21)22/h3-10H,17H2,1-2H3,(H,19,20)(H2,18,21,22). The van der Waals surface area contributed by atoms with Crippen molar-refractivity contribution in [2.45, 2.75) is 24.2 Å².